The molecular formula is C31H45FN2O3. The largest absolute Gasteiger partial charge is 0.494 e. The molecule has 0 radical (unpaired) electrons. The lowest BCUT2D eigenvalue weighted by atomic mass is 9.44. The van der Waals surface area contributed by atoms with Gasteiger partial charge in [0.2, 0.25) is 0 Å². The van der Waals surface area contributed by atoms with Gasteiger partial charge in [-0.2, -0.15) is 0 Å². The van der Waals surface area contributed by atoms with E-state index in [-0.39, 0.29) is 17.0 Å². The zero-order chi connectivity index (χ0) is 26.0. The van der Waals surface area contributed by atoms with E-state index in [0.717, 1.165) is 82.9 Å². The van der Waals surface area contributed by atoms with Crippen LogP contribution in [0.25, 0.3) is 0 Å². The summed E-state index contributed by atoms with van der Waals surface area (Å²) in [6, 6.07) is 5.09. The van der Waals surface area contributed by atoms with Crippen LogP contribution in [0.2, 0.25) is 0 Å². The molecule has 0 spiro atoms. The second-order valence-corrected chi connectivity index (χ2v) is 13.6. The van der Waals surface area contributed by atoms with Gasteiger partial charge in [0, 0.05) is 56.3 Å². The predicted molar refractivity (Wildman–Crippen MR) is 143 cm³/mol. The lowest BCUT2D eigenvalue weighted by Crippen LogP contribution is -2.59. The number of hydrogen-bond acceptors (Lipinski definition) is 5. The van der Waals surface area contributed by atoms with Crippen LogP contribution in [0.5, 0.6) is 5.75 Å². The Kier molecular flexibility index (Phi) is 6.38. The summed E-state index contributed by atoms with van der Waals surface area (Å²) < 4.78 is 19.0. The Morgan fingerprint density at radius 1 is 1.03 bits per heavy atom. The molecule has 5 fully saturated rings. The fourth-order valence-corrected chi connectivity index (χ4v) is 9.66. The number of fused-ring (bicyclic) bond motifs is 5. The molecule has 0 aromatic heterocycles. The number of rotatable bonds is 4. The van der Waals surface area contributed by atoms with Crippen LogP contribution in [0.15, 0.2) is 18.2 Å². The van der Waals surface area contributed by atoms with E-state index in [9.17, 15) is 14.3 Å². The summed E-state index contributed by atoms with van der Waals surface area (Å²) in [5, 5.41) is 11.8. The summed E-state index contributed by atoms with van der Waals surface area (Å²) in [5.41, 5.74) is 0.642. The van der Waals surface area contributed by atoms with Crippen molar-refractivity contribution in [3.05, 3.63) is 24.0 Å². The highest BCUT2D eigenvalue weighted by Gasteiger charge is 2.61. The highest BCUT2D eigenvalue weighted by atomic mass is 19.1. The van der Waals surface area contributed by atoms with Gasteiger partial charge in [-0.15, -0.1) is 0 Å². The monoisotopic (exact) mass is 512 g/mol. The first-order valence-electron chi connectivity index (χ1n) is 14.7. The Morgan fingerprint density at radius 2 is 1.81 bits per heavy atom. The molecule has 1 aromatic carbocycles. The van der Waals surface area contributed by atoms with E-state index in [1.807, 2.05) is 6.07 Å². The molecule has 204 valence electrons. The van der Waals surface area contributed by atoms with E-state index in [1.54, 1.807) is 6.07 Å². The Morgan fingerprint density at radius 3 is 2.57 bits per heavy atom. The number of β-amino-alcohol motifs (C(OH)–C–C–N with tert-alkyl or cyclic N) is 1. The number of halogens is 1. The average molecular weight is 513 g/mol. The van der Waals surface area contributed by atoms with E-state index in [2.05, 4.69) is 23.6 Å². The van der Waals surface area contributed by atoms with Gasteiger partial charge >= 0.3 is 0 Å². The fraction of sp³-hybridized carbons (Fsp3) is 0.774. The summed E-state index contributed by atoms with van der Waals surface area (Å²) in [7, 11) is 1.50. The van der Waals surface area contributed by atoms with Gasteiger partial charge in [-0.3, -0.25) is 9.69 Å². The summed E-state index contributed by atoms with van der Waals surface area (Å²) in [6.45, 7) is 9.10. The lowest BCUT2D eigenvalue weighted by molar-refractivity contribution is -0.157. The molecule has 6 rings (SSSR count). The number of piperazine rings is 1. The third-order valence-electron chi connectivity index (χ3n) is 11.9. The maximum absolute atomic E-state index is 13.8. The second-order valence-electron chi connectivity index (χ2n) is 13.6. The van der Waals surface area contributed by atoms with Crippen LogP contribution < -0.4 is 9.64 Å². The standard InChI is InChI=1S/C31H45FN2O3/c1-29-12-13-31(36,20-33-14-16-34(17-15-33)22-5-8-26(32)27(18-22)37-3)19-21(29)4-6-23-24-7-9-28(35)30(24,2)11-10-25(23)29/h5,8,18,21,23-25,36H,4,6-7,9-17,19-20H2,1-3H3/t21-,23-,24-,25-,29-,30-,31+/m0/s1. The number of benzene rings is 1. The SMILES string of the molecule is COc1cc(N2CCN(C[C@@]3(O)CC[C@@]4(C)[C@@H](CC[C@@H]5[C@@H]4CC[C@]4(C)C(=O)CC[C@@H]54)C3)CC2)ccc1F. The number of nitrogens with zero attached hydrogens (tertiary/aromatic N) is 2. The number of ketones is 1. The molecule has 6 heteroatoms. The summed E-state index contributed by atoms with van der Waals surface area (Å²) in [6.07, 6.45) is 9.56. The molecule has 7 atom stereocenters. The molecule has 5 aliphatic rings. The summed E-state index contributed by atoms with van der Waals surface area (Å²) in [4.78, 5) is 17.4. The molecule has 5 nitrogen and oxygen atoms in total. The quantitative estimate of drug-likeness (QED) is 0.593. The fourth-order valence-electron chi connectivity index (χ4n) is 9.66. The van der Waals surface area contributed by atoms with Gasteiger partial charge in [-0.1, -0.05) is 13.8 Å². The molecular weight excluding hydrogens is 467 g/mol. The smallest absolute Gasteiger partial charge is 0.165 e. The van der Waals surface area contributed by atoms with Crippen LogP contribution >= 0.6 is 0 Å². The maximum Gasteiger partial charge on any atom is 0.165 e. The highest BCUT2D eigenvalue weighted by molar-refractivity contribution is 5.87. The first kappa shape index (κ1) is 25.6. The summed E-state index contributed by atoms with van der Waals surface area (Å²) in [5.74, 6) is 3.09. The van der Waals surface area contributed by atoms with Gasteiger partial charge < -0.3 is 14.7 Å². The van der Waals surface area contributed by atoms with Crippen LogP contribution in [0.1, 0.15) is 71.6 Å². The maximum atomic E-state index is 13.8. The predicted octanol–water partition coefficient (Wildman–Crippen LogP) is 5.30. The van der Waals surface area contributed by atoms with Crippen molar-refractivity contribution in [2.75, 3.05) is 44.7 Å². The van der Waals surface area contributed by atoms with Crippen molar-refractivity contribution >= 4 is 11.5 Å². The van der Waals surface area contributed by atoms with Crippen LogP contribution in [0.4, 0.5) is 10.1 Å². The van der Waals surface area contributed by atoms with Crippen molar-refractivity contribution in [1.29, 1.82) is 0 Å². The van der Waals surface area contributed by atoms with Crippen molar-refractivity contribution < 1.29 is 19.0 Å². The number of anilines is 1. The molecule has 0 bridgehead atoms. The van der Waals surface area contributed by atoms with E-state index in [1.165, 1.54) is 32.4 Å². The van der Waals surface area contributed by atoms with Crippen molar-refractivity contribution in [3.8, 4) is 5.75 Å². The van der Waals surface area contributed by atoms with Crippen molar-refractivity contribution in [1.82, 2.24) is 4.90 Å². The molecule has 1 aromatic rings. The van der Waals surface area contributed by atoms with Crippen LogP contribution in [-0.2, 0) is 4.79 Å². The lowest BCUT2D eigenvalue weighted by Gasteiger charge is -2.61. The van der Waals surface area contributed by atoms with Gasteiger partial charge in [-0.05, 0) is 92.6 Å². The Bertz CT molecular complexity index is 1040. The van der Waals surface area contributed by atoms with Gasteiger partial charge in [0.1, 0.15) is 5.78 Å². The Hall–Kier alpha value is -1.66. The minimum Gasteiger partial charge on any atom is -0.494 e. The highest BCUT2D eigenvalue weighted by Crippen LogP contribution is 2.66. The number of Topliss-reactive ketones (excluding diaryl/α,β-unsaturated/α-hetero) is 1. The molecule has 0 amide bonds. The van der Waals surface area contributed by atoms with Crippen molar-refractivity contribution in [2.45, 2.75) is 77.2 Å². The van der Waals surface area contributed by atoms with E-state index >= 15 is 0 Å². The number of hydrogen-bond donors (Lipinski definition) is 1. The first-order valence-corrected chi connectivity index (χ1v) is 14.7. The number of carbonyl (C=O) groups is 1. The van der Waals surface area contributed by atoms with Crippen LogP contribution in [-0.4, -0.2) is 61.2 Å². The van der Waals surface area contributed by atoms with Crippen molar-refractivity contribution in [3.63, 3.8) is 0 Å². The molecule has 1 heterocycles. The zero-order valence-electron chi connectivity index (χ0n) is 23.0. The molecule has 1 saturated heterocycles. The Balaban J connectivity index is 1.08. The molecule has 4 saturated carbocycles. The van der Waals surface area contributed by atoms with Gasteiger partial charge in [0.15, 0.2) is 11.6 Å². The molecule has 37 heavy (non-hydrogen) atoms. The first-order chi connectivity index (χ1) is 17.6. The molecule has 1 N–H and O–H groups in total. The van der Waals surface area contributed by atoms with Gasteiger partial charge in [0.05, 0.1) is 12.7 Å². The summed E-state index contributed by atoms with van der Waals surface area (Å²) >= 11 is 0. The van der Waals surface area contributed by atoms with Crippen molar-refractivity contribution in [2.24, 2.45) is 34.5 Å². The molecule has 4 aliphatic carbocycles. The zero-order valence-corrected chi connectivity index (χ0v) is 23.0. The van der Waals surface area contributed by atoms with E-state index in [4.69, 9.17) is 4.74 Å². The number of aliphatic hydroxyl groups is 1. The van der Waals surface area contributed by atoms with E-state index in [0.29, 0.717) is 29.0 Å². The normalized spacial score (nSPS) is 42.2. The van der Waals surface area contributed by atoms with Crippen LogP contribution in [0, 0.1) is 40.3 Å². The topological polar surface area (TPSA) is 53.0 Å². The number of methoxy groups -OCH3 is 1. The van der Waals surface area contributed by atoms with Gasteiger partial charge in [-0.25, -0.2) is 4.39 Å². The van der Waals surface area contributed by atoms with E-state index < -0.39 is 5.60 Å². The Labute approximate surface area is 221 Å². The molecule has 1 aliphatic heterocycles. The second kappa shape index (κ2) is 9.22. The molecule has 0 unspecified atom stereocenters. The third-order valence-corrected chi connectivity index (χ3v) is 11.9. The minimum atomic E-state index is -0.606. The average Bonchev–Trinajstić information content (AvgIpc) is 3.19. The third kappa shape index (κ3) is 4.21. The minimum absolute atomic E-state index is 0.0546. The number of ether oxygens (including phenoxy) is 1. The van der Waals surface area contributed by atoms with Gasteiger partial charge in [0.25, 0.3) is 0 Å². The van der Waals surface area contributed by atoms with Crippen LogP contribution in [0.3, 0.4) is 0 Å². The number of carbonyl (C=O) groups excluding carboxylic acids is 1.